The van der Waals surface area contributed by atoms with Gasteiger partial charge in [-0.2, -0.15) is 0 Å². The van der Waals surface area contributed by atoms with Gasteiger partial charge in [-0.1, -0.05) is 0 Å². The van der Waals surface area contributed by atoms with Crippen molar-refractivity contribution in [2.75, 3.05) is 19.0 Å². The molecule has 0 radical (unpaired) electrons. The zero-order valence-electron chi connectivity index (χ0n) is 9.14. The Kier molecular flexibility index (Phi) is 3.44. The minimum atomic E-state index is -0.511. The number of hydrogen-bond acceptors (Lipinski definition) is 4. The number of nitro benzene ring substituents is 1. The van der Waals surface area contributed by atoms with Crippen molar-refractivity contribution >= 4 is 17.3 Å². The summed E-state index contributed by atoms with van der Waals surface area (Å²) in [5.41, 5.74) is 6.37. The van der Waals surface area contributed by atoms with Crippen LogP contribution in [0.1, 0.15) is 5.56 Å². The van der Waals surface area contributed by atoms with Crippen LogP contribution in [0, 0.1) is 10.1 Å². The highest BCUT2D eigenvalue weighted by Crippen LogP contribution is 2.24. The summed E-state index contributed by atoms with van der Waals surface area (Å²) in [6, 6.07) is 4.39. The van der Waals surface area contributed by atoms with Gasteiger partial charge in [0.1, 0.15) is 0 Å². The number of rotatable bonds is 4. The Morgan fingerprint density at radius 1 is 1.50 bits per heavy atom. The Hall–Kier alpha value is -2.11. The Morgan fingerprint density at radius 3 is 2.56 bits per heavy atom. The number of non-ortho nitro benzene ring substituents is 1. The number of nitrogens with zero attached hydrogens (tertiary/aromatic N) is 2. The minimum Gasteiger partial charge on any atom is -0.377 e. The van der Waals surface area contributed by atoms with Crippen molar-refractivity contribution in [1.29, 1.82) is 0 Å². The van der Waals surface area contributed by atoms with Gasteiger partial charge in [0, 0.05) is 31.9 Å². The molecule has 0 saturated heterocycles. The fourth-order valence-electron chi connectivity index (χ4n) is 1.45. The summed E-state index contributed by atoms with van der Waals surface area (Å²) in [6.45, 7) is 0. The van der Waals surface area contributed by atoms with E-state index < -0.39 is 10.8 Å². The molecule has 1 aromatic rings. The van der Waals surface area contributed by atoms with E-state index >= 15 is 0 Å². The van der Waals surface area contributed by atoms with Gasteiger partial charge in [0.2, 0.25) is 5.91 Å². The second kappa shape index (κ2) is 4.61. The molecule has 0 aliphatic heterocycles. The monoisotopic (exact) mass is 223 g/mol. The SMILES string of the molecule is CN(C)c1ccc([N+](=O)[O-])cc1CC(N)=O. The highest BCUT2D eigenvalue weighted by atomic mass is 16.6. The zero-order valence-corrected chi connectivity index (χ0v) is 9.14. The van der Waals surface area contributed by atoms with E-state index in [9.17, 15) is 14.9 Å². The van der Waals surface area contributed by atoms with Crippen LogP contribution in [0.25, 0.3) is 0 Å². The molecule has 0 unspecified atom stereocenters. The number of hydrogen-bond donors (Lipinski definition) is 1. The topological polar surface area (TPSA) is 89.5 Å². The summed E-state index contributed by atoms with van der Waals surface area (Å²) < 4.78 is 0. The number of benzene rings is 1. The largest absolute Gasteiger partial charge is 0.377 e. The quantitative estimate of drug-likeness (QED) is 0.600. The summed E-state index contributed by atoms with van der Waals surface area (Å²) in [6.07, 6.45) is -0.00477. The summed E-state index contributed by atoms with van der Waals surface area (Å²) in [7, 11) is 3.59. The van der Waals surface area contributed by atoms with Crippen molar-refractivity contribution in [1.82, 2.24) is 0 Å². The molecule has 0 aliphatic rings. The first-order valence-electron chi connectivity index (χ1n) is 4.64. The second-order valence-electron chi connectivity index (χ2n) is 3.61. The van der Waals surface area contributed by atoms with Crippen molar-refractivity contribution in [3.05, 3.63) is 33.9 Å². The van der Waals surface area contributed by atoms with Crippen LogP contribution in [-0.2, 0) is 11.2 Å². The lowest BCUT2D eigenvalue weighted by molar-refractivity contribution is -0.384. The Morgan fingerprint density at radius 2 is 2.12 bits per heavy atom. The van der Waals surface area contributed by atoms with Crippen molar-refractivity contribution in [3.8, 4) is 0 Å². The molecule has 6 heteroatoms. The molecule has 0 fully saturated rings. The number of anilines is 1. The zero-order chi connectivity index (χ0) is 12.3. The maximum Gasteiger partial charge on any atom is 0.269 e. The first-order valence-corrected chi connectivity index (χ1v) is 4.64. The normalized spacial score (nSPS) is 9.88. The molecular weight excluding hydrogens is 210 g/mol. The molecule has 86 valence electrons. The summed E-state index contributed by atoms with van der Waals surface area (Å²) in [5.74, 6) is -0.511. The smallest absolute Gasteiger partial charge is 0.269 e. The average Bonchev–Trinajstić information content (AvgIpc) is 2.15. The predicted molar refractivity (Wildman–Crippen MR) is 60.3 cm³/mol. The van der Waals surface area contributed by atoms with E-state index in [0.29, 0.717) is 5.56 Å². The van der Waals surface area contributed by atoms with E-state index in [1.807, 2.05) is 0 Å². The first-order chi connectivity index (χ1) is 7.41. The lowest BCUT2D eigenvalue weighted by Crippen LogP contribution is -2.18. The van der Waals surface area contributed by atoms with Gasteiger partial charge in [-0.25, -0.2) is 0 Å². The highest BCUT2D eigenvalue weighted by Gasteiger charge is 2.13. The molecule has 1 rings (SSSR count). The maximum atomic E-state index is 10.9. The van der Waals surface area contributed by atoms with Crippen molar-refractivity contribution < 1.29 is 9.72 Å². The third-order valence-corrected chi connectivity index (χ3v) is 2.12. The van der Waals surface area contributed by atoms with Crippen LogP contribution in [0.2, 0.25) is 0 Å². The van der Waals surface area contributed by atoms with E-state index in [-0.39, 0.29) is 12.1 Å². The highest BCUT2D eigenvalue weighted by molar-refractivity contribution is 5.79. The second-order valence-corrected chi connectivity index (χ2v) is 3.61. The average molecular weight is 223 g/mol. The molecule has 2 N–H and O–H groups in total. The fraction of sp³-hybridized carbons (Fsp3) is 0.300. The van der Waals surface area contributed by atoms with E-state index in [4.69, 9.17) is 5.73 Å². The standard InChI is InChI=1S/C10H13N3O3/c1-12(2)9-4-3-8(13(15)16)5-7(9)6-10(11)14/h3-5H,6H2,1-2H3,(H2,11,14). The van der Waals surface area contributed by atoms with Crippen LogP contribution in [0.4, 0.5) is 11.4 Å². The van der Waals surface area contributed by atoms with Crippen molar-refractivity contribution in [2.45, 2.75) is 6.42 Å². The number of carbonyl (C=O) groups excluding carboxylic acids is 1. The molecule has 1 aromatic carbocycles. The third-order valence-electron chi connectivity index (χ3n) is 2.12. The molecular formula is C10H13N3O3. The lowest BCUT2D eigenvalue weighted by atomic mass is 10.1. The van der Waals surface area contributed by atoms with Crippen LogP contribution < -0.4 is 10.6 Å². The maximum absolute atomic E-state index is 10.9. The number of nitrogens with two attached hydrogens (primary N) is 1. The van der Waals surface area contributed by atoms with Crippen molar-refractivity contribution in [3.63, 3.8) is 0 Å². The molecule has 0 atom stereocenters. The van der Waals surface area contributed by atoms with Crippen LogP contribution in [-0.4, -0.2) is 24.9 Å². The molecule has 16 heavy (non-hydrogen) atoms. The number of carbonyl (C=O) groups is 1. The molecule has 0 heterocycles. The lowest BCUT2D eigenvalue weighted by Gasteiger charge is -2.16. The van der Waals surface area contributed by atoms with E-state index in [0.717, 1.165) is 5.69 Å². The third kappa shape index (κ3) is 2.69. The Labute approximate surface area is 92.8 Å². The van der Waals surface area contributed by atoms with E-state index in [1.54, 1.807) is 25.1 Å². The molecule has 0 bridgehead atoms. The molecule has 0 spiro atoms. The molecule has 0 aliphatic carbocycles. The summed E-state index contributed by atoms with van der Waals surface area (Å²) >= 11 is 0. The molecule has 1 amide bonds. The predicted octanol–water partition coefficient (Wildman–Crippen LogP) is 0.689. The fourth-order valence-corrected chi connectivity index (χ4v) is 1.45. The number of amides is 1. The van der Waals surface area contributed by atoms with E-state index in [2.05, 4.69) is 0 Å². The van der Waals surface area contributed by atoms with Gasteiger partial charge in [0.05, 0.1) is 11.3 Å². The van der Waals surface area contributed by atoms with Crippen LogP contribution >= 0.6 is 0 Å². The summed E-state index contributed by atoms with van der Waals surface area (Å²) in [4.78, 5) is 22.7. The van der Waals surface area contributed by atoms with Gasteiger partial charge in [-0.3, -0.25) is 14.9 Å². The van der Waals surface area contributed by atoms with Gasteiger partial charge >= 0.3 is 0 Å². The molecule has 0 saturated carbocycles. The van der Waals surface area contributed by atoms with E-state index in [1.165, 1.54) is 12.1 Å². The van der Waals surface area contributed by atoms with Gasteiger partial charge in [0.25, 0.3) is 5.69 Å². The first kappa shape index (κ1) is 12.0. The van der Waals surface area contributed by atoms with Crippen LogP contribution in [0.15, 0.2) is 18.2 Å². The van der Waals surface area contributed by atoms with Crippen LogP contribution in [0.3, 0.4) is 0 Å². The van der Waals surface area contributed by atoms with Crippen LogP contribution in [0.5, 0.6) is 0 Å². The van der Waals surface area contributed by atoms with Crippen molar-refractivity contribution in [2.24, 2.45) is 5.73 Å². The number of primary amides is 1. The van der Waals surface area contributed by atoms with Gasteiger partial charge in [0.15, 0.2) is 0 Å². The Balaban J connectivity index is 3.20. The summed E-state index contributed by atoms with van der Waals surface area (Å²) in [5, 5.41) is 10.6. The van der Waals surface area contributed by atoms with Gasteiger partial charge in [-0.15, -0.1) is 0 Å². The minimum absolute atomic E-state index is 0.00477. The molecule has 6 nitrogen and oxygen atoms in total. The van der Waals surface area contributed by atoms with Gasteiger partial charge < -0.3 is 10.6 Å². The van der Waals surface area contributed by atoms with Gasteiger partial charge in [-0.05, 0) is 11.6 Å². The Bertz CT molecular complexity index is 429. The number of nitro groups is 1. The molecule has 0 aromatic heterocycles.